The molecule has 4 heterocycles. The maximum atomic E-state index is 4.66. The van der Waals surface area contributed by atoms with Crippen LogP contribution >= 0.6 is 0 Å². The first-order valence-corrected chi connectivity index (χ1v) is 10.8. The molecule has 0 bridgehead atoms. The monoisotopic (exact) mass is 380 g/mol. The number of aromatic amines is 1. The molecule has 150 valence electrons. The Balaban J connectivity index is 1.23. The fourth-order valence-electron chi connectivity index (χ4n) is 5.23. The van der Waals surface area contributed by atoms with E-state index in [9.17, 15) is 0 Å². The molecule has 1 N–H and O–H groups in total. The summed E-state index contributed by atoms with van der Waals surface area (Å²) in [6.07, 6.45) is 6.74. The van der Waals surface area contributed by atoms with Crippen LogP contribution in [0.25, 0.3) is 0 Å². The summed E-state index contributed by atoms with van der Waals surface area (Å²) in [6, 6.07) is 2.19. The van der Waals surface area contributed by atoms with Crippen molar-refractivity contribution in [3.05, 3.63) is 35.0 Å². The van der Waals surface area contributed by atoms with Gasteiger partial charge >= 0.3 is 0 Å². The molecule has 0 aromatic carbocycles. The lowest BCUT2D eigenvalue weighted by atomic mass is 9.92. The zero-order chi connectivity index (χ0) is 19.3. The van der Waals surface area contributed by atoms with Gasteiger partial charge in [0.25, 0.3) is 0 Å². The highest BCUT2D eigenvalue weighted by Crippen LogP contribution is 2.35. The number of anilines is 1. The van der Waals surface area contributed by atoms with Crippen molar-refractivity contribution in [1.29, 1.82) is 0 Å². The van der Waals surface area contributed by atoms with Gasteiger partial charge in [-0.15, -0.1) is 0 Å². The van der Waals surface area contributed by atoms with Gasteiger partial charge in [0.05, 0.1) is 11.4 Å². The molecular formula is C22H32N6. The zero-order valence-corrected chi connectivity index (χ0v) is 17.4. The Morgan fingerprint density at radius 3 is 2.54 bits per heavy atom. The Bertz CT molecular complexity index is 837. The molecule has 28 heavy (non-hydrogen) atoms. The van der Waals surface area contributed by atoms with E-state index in [-0.39, 0.29) is 5.41 Å². The number of rotatable bonds is 3. The fraction of sp³-hybridized carbons (Fsp3) is 0.682. The SMILES string of the molecule is CC(C)(C)c1cc(N2CC3CN(Cc4n[nH]c5c4CCCC5)CC3C2)ncn1. The van der Waals surface area contributed by atoms with E-state index in [1.165, 1.54) is 55.7 Å². The maximum absolute atomic E-state index is 4.66. The summed E-state index contributed by atoms with van der Waals surface area (Å²) in [6.45, 7) is 12.2. The molecular weight excluding hydrogens is 348 g/mol. The van der Waals surface area contributed by atoms with E-state index in [0.29, 0.717) is 0 Å². The Hall–Kier alpha value is -1.95. The molecule has 2 saturated heterocycles. The Morgan fingerprint density at radius 1 is 1.04 bits per heavy atom. The molecule has 0 amide bonds. The first-order chi connectivity index (χ1) is 13.5. The number of aromatic nitrogens is 4. The van der Waals surface area contributed by atoms with E-state index in [4.69, 9.17) is 0 Å². The van der Waals surface area contributed by atoms with Crippen molar-refractivity contribution in [2.24, 2.45) is 11.8 Å². The van der Waals surface area contributed by atoms with Crippen molar-refractivity contribution < 1.29 is 0 Å². The van der Waals surface area contributed by atoms with Gasteiger partial charge in [-0.05, 0) is 43.1 Å². The van der Waals surface area contributed by atoms with Crippen molar-refractivity contribution in [1.82, 2.24) is 25.1 Å². The van der Waals surface area contributed by atoms with Crippen molar-refractivity contribution in [2.45, 2.75) is 58.4 Å². The van der Waals surface area contributed by atoms with Crippen LogP contribution in [0.5, 0.6) is 0 Å². The van der Waals surface area contributed by atoms with Gasteiger partial charge in [-0.1, -0.05) is 20.8 Å². The van der Waals surface area contributed by atoms with Crippen molar-refractivity contribution in [2.75, 3.05) is 31.1 Å². The molecule has 2 fully saturated rings. The van der Waals surface area contributed by atoms with Gasteiger partial charge in [-0.25, -0.2) is 9.97 Å². The smallest absolute Gasteiger partial charge is 0.132 e. The van der Waals surface area contributed by atoms with Crippen LogP contribution in [0, 0.1) is 11.8 Å². The Morgan fingerprint density at radius 2 is 1.79 bits per heavy atom. The van der Waals surface area contributed by atoms with Crippen LogP contribution in [-0.4, -0.2) is 51.2 Å². The molecule has 5 rings (SSSR count). The second-order valence-electron chi connectivity index (χ2n) is 9.97. The van der Waals surface area contributed by atoms with Crippen molar-refractivity contribution >= 4 is 5.82 Å². The third kappa shape index (κ3) is 3.32. The first kappa shape index (κ1) is 18.1. The minimum absolute atomic E-state index is 0.0623. The molecule has 6 heteroatoms. The molecule has 1 aliphatic carbocycles. The zero-order valence-electron chi connectivity index (χ0n) is 17.4. The van der Waals surface area contributed by atoms with Gasteiger partial charge in [0.2, 0.25) is 0 Å². The number of nitrogens with one attached hydrogen (secondary N) is 1. The highest BCUT2D eigenvalue weighted by atomic mass is 15.3. The number of H-pyrrole nitrogens is 1. The van der Waals surface area contributed by atoms with Crippen LogP contribution in [0.1, 0.15) is 56.3 Å². The fourth-order valence-corrected chi connectivity index (χ4v) is 5.23. The van der Waals surface area contributed by atoms with E-state index in [2.05, 4.69) is 56.8 Å². The molecule has 2 atom stereocenters. The average Bonchev–Trinajstić information content (AvgIpc) is 3.35. The molecule has 0 spiro atoms. The van der Waals surface area contributed by atoms with E-state index in [1.807, 2.05) is 0 Å². The molecule has 2 aromatic heterocycles. The number of hydrogen-bond acceptors (Lipinski definition) is 5. The number of nitrogens with zero attached hydrogens (tertiary/aromatic N) is 5. The summed E-state index contributed by atoms with van der Waals surface area (Å²) in [5, 5.41) is 7.95. The largest absolute Gasteiger partial charge is 0.356 e. The van der Waals surface area contributed by atoms with Gasteiger partial charge in [0.1, 0.15) is 12.1 Å². The molecule has 6 nitrogen and oxygen atoms in total. The van der Waals surface area contributed by atoms with E-state index >= 15 is 0 Å². The predicted molar refractivity (Wildman–Crippen MR) is 110 cm³/mol. The first-order valence-electron chi connectivity index (χ1n) is 10.8. The topological polar surface area (TPSA) is 60.9 Å². The summed E-state index contributed by atoms with van der Waals surface area (Å²) < 4.78 is 0. The number of hydrogen-bond donors (Lipinski definition) is 1. The minimum Gasteiger partial charge on any atom is -0.356 e. The Labute approximate surface area is 167 Å². The van der Waals surface area contributed by atoms with E-state index < -0.39 is 0 Å². The highest BCUT2D eigenvalue weighted by molar-refractivity contribution is 5.42. The predicted octanol–water partition coefficient (Wildman–Crippen LogP) is 2.94. The molecule has 0 radical (unpaired) electrons. The summed E-state index contributed by atoms with van der Waals surface area (Å²) in [7, 11) is 0. The summed E-state index contributed by atoms with van der Waals surface area (Å²) >= 11 is 0. The normalized spacial score (nSPS) is 25.2. The number of likely N-dealkylation sites (tertiary alicyclic amines) is 1. The molecule has 2 unspecified atom stereocenters. The third-order valence-corrected chi connectivity index (χ3v) is 6.82. The van der Waals surface area contributed by atoms with Gasteiger partial charge in [0, 0.05) is 49.9 Å². The van der Waals surface area contributed by atoms with Crippen molar-refractivity contribution in [3.63, 3.8) is 0 Å². The van der Waals surface area contributed by atoms with Crippen LogP contribution in [0.4, 0.5) is 5.82 Å². The number of fused-ring (bicyclic) bond motifs is 2. The summed E-state index contributed by atoms with van der Waals surface area (Å²) in [5.74, 6) is 2.58. The quantitative estimate of drug-likeness (QED) is 0.887. The molecule has 2 aliphatic heterocycles. The third-order valence-electron chi connectivity index (χ3n) is 6.82. The van der Waals surface area contributed by atoms with E-state index in [1.54, 1.807) is 6.33 Å². The Kier molecular flexibility index (Phi) is 4.42. The molecule has 0 saturated carbocycles. The second-order valence-corrected chi connectivity index (χ2v) is 9.97. The molecule has 2 aromatic rings. The van der Waals surface area contributed by atoms with Gasteiger partial charge in [-0.3, -0.25) is 10.00 Å². The lowest BCUT2D eigenvalue weighted by molar-refractivity contribution is 0.304. The van der Waals surface area contributed by atoms with Gasteiger partial charge in [0.15, 0.2) is 0 Å². The maximum Gasteiger partial charge on any atom is 0.132 e. The van der Waals surface area contributed by atoms with Crippen LogP contribution in [0.2, 0.25) is 0 Å². The lowest BCUT2D eigenvalue weighted by Crippen LogP contribution is -2.29. The summed E-state index contributed by atoms with van der Waals surface area (Å²) in [5.41, 5.74) is 5.40. The number of aryl methyl sites for hydroxylation is 1. The van der Waals surface area contributed by atoms with Crippen LogP contribution in [-0.2, 0) is 24.8 Å². The summed E-state index contributed by atoms with van der Waals surface area (Å²) in [4.78, 5) is 14.2. The average molecular weight is 381 g/mol. The van der Waals surface area contributed by atoms with Gasteiger partial charge in [-0.2, -0.15) is 5.10 Å². The lowest BCUT2D eigenvalue weighted by Gasteiger charge is -2.24. The van der Waals surface area contributed by atoms with Gasteiger partial charge < -0.3 is 4.90 Å². The standard InChI is InChI=1S/C22H32N6/c1-22(2,3)20-8-21(24-14-23-20)28-11-15-9-27(10-16(15)12-28)13-19-17-6-4-5-7-18(17)25-26-19/h8,14-16H,4-7,9-13H2,1-3H3,(H,25,26). The van der Waals surface area contributed by atoms with Crippen LogP contribution < -0.4 is 4.90 Å². The van der Waals surface area contributed by atoms with E-state index in [0.717, 1.165) is 43.0 Å². The minimum atomic E-state index is 0.0623. The van der Waals surface area contributed by atoms with Crippen LogP contribution in [0.3, 0.4) is 0 Å². The molecule has 3 aliphatic rings. The van der Waals surface area contributed by atoms with Crippen molar-refractivity contribution in [3.8, 4) is 0 Å². The highest BCUT2D eigenvalue weighted by Gasteiger charge is 2.41. The second kappa shape index (κ2) is 6.83. The van der Waals surface area contributed by atoms with Crippen LogP contribution in [0.15, 0.2) is 12.4 Å².